The van der Waals surface area contributed by atoms with Crippen molar-refractivity contribution in [3.8, 4) is 28.0 Å². The van der Waals surface area contributed by atoms with Crippen molar-refractivity contribution in [3.63, 3.8) is 0 Å². The average Bonchev–Trinajstić information content (AvgIpc) is 3.32. The molecule has 0 aliphatic carbocycles. The Kier molecular flexibility index (Phi) is 7.18. The fourth-order valence-corrected chi connectivity index (χ4v) is 6.75. The highest BCUT2D eigenvalue weighted by molar-refractivity contribution is 7.90. The van der Waals surface area contributed by atoms with Gasteiger partial charge in [0.1, 0.15) is 5.82 Å². The summed E-state index contributed by atoms with van der Waals surface area (Å²) in [6.45, 7) is 1.83. The maximum atomic E-state index is 14.7. The summed E-state index contributed by atoms with van der Waals surface area (Å²) >= 11 is 0. The van der Waals surface area contributed by atoms with Crippen molar-refractivity contribution >= 4 is 31.1 Å². The minimum Gasteiger partial charge on any atom is -0.493 e. The van der Waals surface area contributed by atoms with Gasteiger partial charge in [-0.1, -0.05) is 29.8 Å². The molecule has 12 heteroatoms. The van der Waals surface area contributed by atoms with Gasteiger partial charge in [0, 0.05) is 54.6 Å². The summed E-state index contributed by atoms with van der Waals surface area (Å²) in [6, 6.07) is 15.8. The minimum absolute atomic E-state index is 0.00333. The van der Waals surface area contributed by atoms with E-state index in [0.717, 1.165) is 19.9 Å². The van der Waals surface area contributed by atoms with Gasteiger partial charge in [-0.05, 0) is 48.9 Å². The van der Waals surface area contributed by atoms with Gasteiger partial charge in [0.05, 0.1) is 16.9 Å². The standard InChI is InChI=1S/C29H25F2N3O5S2/c1-18-8-10-22(11-9-18)41(37,38)34-17-26(24-14-21(30)15-27(31)28(24)39-4)25-13-20(16-32-29(25)34)19-6-5-7-23(12-19)40(35,36)33(2)3/h5-17H,1-4H3. The third-order valence-electron chi connectivity index (χ3n) is 6.64. The number of ether oxygens (including phenoxy) is 1. The molecule has 0 radical (unpaired) electrons. The van der Waals surface area contributed by atoms with E-state index in [1.807, 2.05) is 6.92 Å². The Morgan fingerprint density at radius 3 is 2.22 bits per heavy atom. The Morgan fingerprint density at radius 2 is 1.56 bits per heavy atom. The second-order valence-corrected chi connectivity index (χ2v) is 13.5. The zero-order chi connectivity index (χ0) is 29.7. The molecule has 212 valence electrons. The molecular formula is C29H25F2N3O5S2. The lowest BCUT2D eigenvalue weighted by Crippen LogP contribution is -2.22. The van der Waals surface area contributed by atoms with Gasteiger partial charge in [0.15, 0.2) is 17.2 Å². The van der Waals surface area contributed by atoms with Gasteiger partial charge in [-0.25, -0.2) is 38.9 Å². The zero-order valence-corrected chi connectivity index (χ0v) is 24.1. The molecule has 2 aromatic heterocycles. The quantitative estimate of drug-likeness (QED) is 0.247. The van der Waals surface area contributed by atoms with Crippen LogP contribution < -0.4 is 4.74 Å². The van der Waals surface area contributed by atoms with E-state index >= 15 is 0 Å². The van der Waals surface area contributed by atoms with E-state index in [1.54, 1.807) is 30.3 Å². The van der Waals surface area contributed by atoms with E-state index < -0.39 is 31.7 Å². The van der Waals surface area contributed by atoms with Crippen LogP contribution in [0.4, 0.5) is 8.78 Å². The predicted molar refractivity (Wildman–Crippen MR) is 152 cm³/mol. The molecule has 0 fully saturated rings. The first-order valence-corrected chi connectivity index (χ1v) is 15.1. The molecule has 0 N–H and O–H groups in total. The number of aryl methyl sites for hydroxylation is 1. The molecule has 0 spiro atoms. The number of sulfonamides is 1. The number of aromatic nitrogens is 2. The van der Waals surface area contributed by atoms with Crippen LogP contribution in [0, 0.1) is 18.6 Å². The lowest BCUT2D eigenvalue weighted by molar-refractivity contribution is 0.386. The molecule has 5 aromatic rings. The molecule has 0 bridgehead atoms. The van der Waals surface area contributed by atoms with E-state index in [1.165, 1.54) is 57.9 Å². The van der Waals surface area contributed by atoms with Crippen LogP contribution in [-0.2, 0) is 20.0 Å². The highest BCUT2D eigenvalue weighted by atomic mass is 32.2. The predicted octanol–water partition coefficient (Wildman–Crippen LogP) is 5.45. The number of methoxy groups -OCH3 is 1. The number of rotatable bonds is 7. The zero-order valence-electron chi connectivity index (χ0n) is 22.5. The average molecular weight is 598 g/mol. The number of fused-ring (bicyclic) bond motifs is 1. The summed E-state index contributed by atoms with van der Waals surface area (Å²) in [5, 5.41) is 0.252. The summed E-state index contributed by atoms with van der Waals surface area (Å²) in [7, 11) is -3.85. The van der Waals surface area contributed by atoms with Crippen LogP contribution >= 0.6 is 0 Å². The molecular weight excluding hydrogens is 572 g/mol. The van der Waals surface area contributed by atoms with Gasteiger partial charge in [0.25, 0.3) is 10.0 Å². The van der Waals surface area contributed by atoms with Crippen molar-refractivity contribution < 1.29 is 30.4 Å². The van der Waals surface area contributed by atoms with Crippen LogP contribution in [0.1, 0.15) is 5.56 Å². The molecule has 3 aromatic carbocycles. The van der Waals surface area contributed by atoms with E-state index in [9.17, 15) is 25.6 Å². The van der Waals surface area contributed by atoms with Gasteiger partial charge >= 0.3 is 0 Å². The van der Waals surface area contributed by atoms with E-state index in [0.29, 0.717) is 17.2 Å². The number of benzene rings is 3. The number of halogens is 2. The molecule has 5 rings (SSSR count). The van der Waals surface area contributed by atoms with Crippen molar-refractivity contribution in [1.82, 2.24) is 13.3 Å². The van der Waals surface area contributed by atoms with Crippen LogP contribution in [0.3, 0.4) is 0 Å². The smallest absolute Gasteiger partial charge is 0.269 e. The Labute approximate surface area is 236 Å². The molecule has 8 nitrogen and oxygen atoms in total. The van der Waals surface area contributed by atoms with Gasteiger partial charge in [-0.2, -0.15) is 0 Å². The normalized spacial score (nSPS) is 12.3. The summed E-state index contributed by atoms with van der Waals surface area (Å²) in [5.74, 6) is -2.12. The maximum Gasteiger partial charge on any atom is 0.269 e. The Morgan fingerprint density at radius 1 is 0.854 bits per heavy atom. The van der Waals surface area contributed by atoms with Crippen LogP contribution in [0.2, 0.25) is 0 Å². The molecule has 41 heavy (non-hydrogen) atoms. The van der Waals surface area contributed by atoms with Crippen molar-refractivity contribution in [1.29, 1.82) is 0 Å². The summed E-state index contributed by atoms with van der Waals surface area (Å²) in [6.07, 6.45) is 2.67. The van der Waals surface area contributed by atoms with Crippen molar-refractivity contribution in [2.24, 2.45) is 0 Å². The number of pyridine rings is 1. The van der Waals surface area contributed by atoms with E-state index in [-0.39, 0.29) is 37.7 Å². The molecule has 0 aliphatic rings. The first-order valence-electron chi connectivity index (χ1n) is 12.2. The van der Waals surface area contributed by atoms with Crippen LogP contribution in [0.15, 0.2) is 88.9 Å². The lowest BCUT2D eigenvalue weighted by atomic mass is 10.0. The molecule has 0 amide bonds. The van der Waals surface area contributed by atoms with Gasteiger partial charge in [-0.3, -0.25) is 0 Å². The van der Waals surface area contributed by atoms with Crippen molar-refractivity contribution in [2.45, 2.75) is 16.7 Å². The Balaban J connectivity index is 1.80. The Hall–Kier alpha value is -4.13. The lowest BCUT2D eigenvalue weighted by Gasteiger charge is -2.12. The van der Waals surface area contributed by atoms with Gasteiger partial charge < -0.3 is 4.74 Å². The summed E-state index contributed by atoms with van der Waals surface area (Å²) in [5.41, 5.74) is 1.94. The van der Waals surface area contributed by atoms with E-state index in [4.69, 9.17) is 4.74 Å². The largest absolute Gasteiger partial charge is 0.493 e. The van der Waals surface area contributed by atoms with Crippen LogP contribution in [0.25, 0.3) is 33.3 Å². The second-order valence-electron chi connectivity index (χ2n) is 9.54. The third-order valence-corrected chi connectivity index (χ3v) is 10.1. The van der Waals surface area contributed by atoms with Crippen molar-refractivity contribution in [3.05, 3.63) is 96.3 Å². The molecule has 0 saturated heterocycles. The molecule has 0 aliphatic heterocycles. The monoisotopic (exact) mass is 597 g/mol. The van der Waals surface area contributed by atoms with Crippen LogP contribution in [0.5, 0.6) is 5.75 Å². The number of hydrogen-bond acceptors (Lipinski definition) is 6. The highest BCUT2D eigenvalue weighted by Crippen LogP contribution is 2.40. The minimum atomic E-state index is -4.18. The van der Waals surface area contributed by atoms with Gasteiger partial charge in [0.2, 0.25) is 10.0 Å². The van der Waals surface area contributed by atoms with Crippen molar-refractivity contribution in [2.75, 3.05) is 21.2 Å². The fraction of sp³-hybridized carbons (Fsp3) is 0.138. The van der Waals surface area contributed by atoms with Crippen LogP contribution in [-0.4, -0.2) is 51.3 Å². The fourth-order valence-electron chi connectivity index (χ4n) is 4.47. The highest BCUT2D eigenvalue weighted by Gasteiger charge is 2.26. The van der Waals surface area contributed by atoms with Gasteiger partial charge in [-0.15, -0.1) is 0 Å². The second kappa shape index (κ2) is 10.4. The molecule has 2 heterocycles. The summed E-state index contributed by atoms with van der Waals surface area (Å²) in [4.78, 5) is 4.48. The Bertz CT molecular complexity index is 2020. The molecule has 0 atom stereocenters. The third kappa shape index (κ3) is 4.98. The number of nitrogens with zero attached hydrogens (tertiary/aromatic N) is 3. The summed E-state index contributed by atoms with van der Waals surface area (Å²) < 4.78 is 89.4. The van der Waals surface area contributed by atoms with E-state index in [2.05, 4.69) is 4.98 Å². The first-order chi connectivity index (χ1) is 19.3. The molecule has 0 unspecified atom stereocenters. The first kappa shape index (κ1) is 28.4. The maximum absolute atomic E-state index is 14.7. The molecule has 0 saturated carbocycles. The topological polar surface area (TPSA) is 98.6 Å². The SMILES string of the molecule is COc1c(F)cc(F)cc1-c1cn(S(=O)(=O)c2ccc(C)cc2)c2ncc(-c3cccc(S(=O)(=O)N(C)C)c3)cc12. The number of hydrogen-bond donors (Lipinski definition) is 0.